The van der Waals surface area contributed by atoms with Gasteiger partial charge in [0, 0.05) is 13.5 Å². The number of amides is 1. The minimum Gasteiger partial charge on any atom is -0.467 e. The highest BCUT2D eigenvalue weighted by Gasteiger charge is 2.42. The lowest BCUT2D eigenvalue weighted by molar-refractivity contribution is -0.145. The second-order valence-corrected chi connectivity index (χ2v) is 5.27. The molecule has 0 aromatic rings. The highest BCUT2D eigenvalue weighted by Crippen LogP contribution is 2.23. The zero-order chi connectivity index (χ0) is 13.9. The lowest BCUT2D eigenvalue weighted by Crippen LogP contribution is -2.44. The number of likely N-dealkylation sites (tertiary alicyclic amines) is 1. The van der Waals surface area contributed by atoms with E-state index in [0.717, 1.165) is 0 Å². The first kappa shape index (κ1) is 14.8. The quantitative estimate of drug-likeness (QED) is 0.697. The molecule has 1 rings (SSSR count). The van der Waals surface area contributed by atoms with Gasteiger partial charge in [0.2, 0.25) is 0 Å². The molecule has 0 spiro atoms. The Balaban J connectivity index is 2.77. The summed E-state index contributed by atoms with van der Waals surface area (Å²) in [5, 5.41) is 0. The van der Waals surface area contributed by atoms with E-state index < -0.39 is 23.7 Å². The second kappa shape index (κ2) is 5.56. The van der Waals surface area contributed by atoms with Crippen LogP contribution in [0.4, 0.5) is 4.79 Å². The van der Waals surface area contributed by atoms with Crippen LogP contribution >= 0.6 is 0 Å². The van der Waals surface area contributed by atoms with Gasteiger partial charge in [-0.2, -0.15) is 0 Å². The summed E-state index contributed by atoms with van der Waals surface area (Å²) in [7, 11) is 2.85. The van der Waals surface area contributed by atoms with Gasteiger partial charge in [0.15, 0.2) is 0 Å². The third-order valence-corrected chi connectivity index (χ3v) is 2.70. The summed E-state index contributed by atoms with van der Waals surface area (Å²) < 4.78 is 15.1. The Hall–Kier alpha value is -1.30. The molecule has 0 aliphatic carbocycles. The molecule has 1 aliphatic heterocycles. The minimum atomic E-state index is -0.630. The Morgan fingerprint density at radius 2 is 1.83 bits per heavy atom. The van der Waals surface area contributed by atoms with E-state index in [1.54, 1.807) is 27.9 Å². The number of ether oxygens (including phenoxy) is 3. The molecule has 1 fully saturated rings. The molecule has 0 bridgehead atoms. The second-order valence-electron chi connectivity index (χ2n) is 5.27. The number of carbonyl (C=O) groups excluding carboxylic acids is 2. The van der Waals surface area contributed by atoms with Crippen molar-refractivity contribution in [3.63, 3.8) is 0 Å². The monoisotopic (exact) mass is 259 g/mol. The normalized spacial score (nSPS) is 23.9. The van der Waals surface area contributed by atoms with Gasteiger partial charge in [-0.05, 0) is 20.8 Å². The van der Waals surface area contributed by atoms with Crippen LogP contribution in [-0.4, -0.2) is 55.5 Å². The number of methoxy groups -OCH3 is 2. The summed E-state index contributed by atoms with van der Waals surface area (Å²) in [5.41, 5.74) is -0.594. The van der Waals surface area contributed by atoms with Gasteiger partial charge in [-0.25, -0.2) is 9.59 Å². The summed E-state index contributed by atoms with van der Waals surface area (Å²) >= 11 is 0. The van der Waals surface area contributed by atoms with E-state index in [-0.39, 0.29) is 6.10 Å². The van der Waals surface area contributed by atoms with Crippen LogP contribution in [0.2, 0.25) is 0 Å². The maximum absolute atomic E-state index is 12.0. The highest BCUT2D eigenvalue weighted by atomic mass is 16.6. The van der Waals surface area contributed by atoms with Crippen LogP contribution in [0.1, 0.15) is 27.2 Å². The van der Waals surface area contributed by atoms with E-state index in [2.05, 4.69) is 0 Å². The summed E-state index contributed by atoms with van der Waals surface area (Å²) in [6.07, 6.45) is -0.248. The van der Waals surface area contributed by atoms with Crippen LogP contribution in [-0.2, 0) is 19.0 Å². The molecule has 6 heteroatoms. The molecule has 1 amide bonds. The summed E-state index contributed by atoms with van der Waals surface area (Å²) in [4.78, 5) is 25.0. The fraction of sp³-hybridized carbons (Fsp3) is 0.833. The number of carbonyl (C=O) groups is 2. The standard InChI is InChI=1S/C12H21NO5/c1-12(2,3)18-11(15)13-7-8(16-4)6-9(13)10(14)17-5/h8-9H,6-7H2,1-5H3/t8-,9?/m0/s1. The Morgan fingerprint density at radius 1 is 1.22 bits per heavy atom. The van der Waals surface area contributed by atoms with Crippen molar-refractivity contribution in [2.45, 2.75) is 44.9 Å². The van der Waals surface area contributed by atoms with E-state index in [0.29, 0.717) is 13.0 Å². The van der Waals surface area contributed by atoms with E-state index in [9.17, 15) is 9.59 Å². The van der Waals surface area contributed by atoms with Gasteiger partial charge in [0.25, 0.3) is 0 Å². The average Bonchev–Trinajstić information content (AvgIpc) is 2.69. The molecule has 0 radical (unpaired) electrons. The van der Waals surface area contributed by atoms with Crippen molar-refractivity contribution in [3.05, 3.63) is 0 Å². The number of hydrogen-bond donors (Lipinski definition) is 0. The van der Waals surface area contributed by atoms with Crippen LogP contribution in [0.15, 0.2) is 0 Å². The summed E-state index contributed by atoms with van der Waals surface area (Å²) in [5.74, 6) is -0.444. The van der Waals surface area contributed by atoms with Gasteiger partial charge in [-0.3, -0.25) is 4.90 Å². The van der Waals surface area contributed by atoms with Crippen molar-refractivity contribution < 1.29 is 23.8 Å². The predicted molar refractivity (Wildman–Crippen MR) is 64.2 cm³/mol. The smallest absolute Gasteiger partial charge is 0.411 e. The van der Waals surface area contributed by atoms with Crippen LogP contribution < -0.4 is 0 Å². The van der Waals surface area contributed by atoms with Gasteiger partial charge in [0.1, 0.15) is 11.6 Å². The SMILES string of the molecule is COC(=O)C1C[C@H](OC)CN1C(=O)OC(C)(C)C. The molecule has 6 nitrogen and oxygen atoms in total. The fourth-order valence-electron chi connectivity index (χ4n) is 1.85. The van der Waals surface area contributed by atoms with Gasteiger partial charge >= 0.3 is 12.1 Å². The predicted octanol–water partition coefficient (Wildman–Crippen LogP) is 1.18. The molecule has 1 aliphatic rings. The first-order valence-corrected chi connectivity index (χ1v) is 5.88. The maximum Gasteiger partial charge on any atom is 0.411 e. The van der Waals surface area contributed by atoms with Crippen molar-refractivity contribution in [3.8, 4) is 0 Å². The number of esters is 1. The Labute approximate surface area is 107 Å². The molecule has 0 N–H and O–H groups in total. The lowest BCUT2D eigenvalue weighted by Gasteiger charge is -2.27. The Morgan fingerprint density at radius 3 is 2.28 bits per heavy atom. The topological polar surface area (TPSA) is 65.1 Å². The highest BCUT2D eigenvalue weighted by molar-refractivity contribution is 5.82. The summed E-state index contributed by atoms with van der Waals surface area (Å²) in [6, 6.07) is -0.630. The van der Waals surface area contributed by atoms with Crippen molar-refractivity contribution in [1.29, 1.82) is 0 Å². The molecule has 0 aromatic carbocycles. The molecule has 0 saturated carbocycles. The first-order valence-electron chi connectivity index (χ1n) is 5.88. The van der Waals surface area contributed by atoms with Crippen molar-refractivity contribution >= 4 is 12.1 Å². The van der Waals surface area contributed by atoms with Crippen LogP contribution in [0.3, 0.4) is 0 Å². The molecule has 104 valence electrons. The van der Waals surface area contributed by atoms with Crippen molar-refractivity contribution in [2.75, 3.05) is 20.8 Å². The van der Waals surface area contributed by atoms with Crippen molar-refractivity contribution in [1.82, 2.24) is 4.90 Å². The number of nitrogens with zero attached hydrogens (tertiary/aromatic N) is 1. The van der Waals surface area contributed by atoms with E-state index in [1.807, 2.05) is 0 Å². The molecule has 1 heterocycles. The molecule has 0 aromatic heterocycles. The van der Waals surface area contributed by atoms with Crippen LogP contribution in [0.5, 0.6) is 0 Å². The van der Waals surface area contributed by atoms with E-state index in [4.69, 9.17) is 14.2 Å². The lowest BCUT2D eigenvalue weighted by atomic mass is 10.2. The summed E-state index contributed by atoms with van der Waals surface area (Å²) in [6.45, 7) is 5.68. The third-order valence-electron chi connectivity index (χ3n) is 2.70. The zero-order valence-electron chi connectivity index (χ0n) is 11.6. The first-order chi connectivity index (χ1) is 8.28. The minimum absolute atomic E-state index is 0.165. The van der Waals surface area contributed by atoms with Gasteiger partial charge in [0.05, 0.1) is 19.8 Å². The number of rotatable bonds is 2. The molecule has 18 heavy (non-hydrogen) atoms. The molecule has 2 atom stereocenters. The molecular formula is C12H21NO5. The zero-order valence-corrected chi connectivity index (χ0v) is 11.6. The largest absolute Gasteiger partial charge is 0.467 e. The maximum atomic E-state index is 12.0. The average molecular weight is 259 g/mol. The molecule has 1 saturated heterocycles. The van der Waals surface area contributed by atoms with Crippen LogP contribution in [0, 0.1) is 0 Å². The molecule has 1 unspecified atom stereocenters. The third kappa shape index (κ3) is 3.60. The van der Waals surface area contributed by atoms with Gasteiger partial charge in [-0.1, -0.05) is 0 Å². The van der Waals surface area contributed by atoms with E-state index >= 15 is 0 Å². The van der Waals surface area contributed by atoms with E-state index in [1.165, 1.54) is 12.0 Å². The molecular weight excluding hydrogens is 238 g/mol. The number of hydrogen-bond acceptors (Lipinski definition) is 5. The fourth-order valence-corrected chi connectivity index (χ4v) is 1.85. The van der Waals surface area contributed by atoms with Crippen molar-refractivity contribution in [2.24, 2.45) is 0 Å². The Bertz CT molecular complexity index is 323. The van der Waals surface area contributed by atoms with Gasteiger partial charge < -0.3 is 14.2 Å². The van der Waals surface area contributed by atoms with Gasteiger partial charge in [-0.15, -0.1) is 0 Å². The Kier molecular flexibility index (Phi) is 4.56. The van der Waals surface area contributed by atoms with Crippen LogP contribution in [0.25, 0.3) is 0 Å².